The van der Waals surface area contributed by atoms with Gasteiger partial charge in [0, 0.05) is 18.1 Å². The smallest absolute Gasteiger partial charge is 0.264 e. The quantitative estimate of drug-likeness (QED) is 0.335. The summed E-state index contributed by atoms with van der Waals surface area (Å²) in [6, 6.07) is 18.3. The van der Waals surface area contributed by atoms with Crippen LogP contribution < -0.4 is 9.62 Å². The molecule has 1 N–H and O–H groups in total. The Labute approximate surface area is 236 Å². The van der Waals surface area contributed by atoms with Crippen LogP contribution in [0.5, 0.6) is 0 Å². The fourth-order valence-electron chi connectivity index (χ4n) is 4.42. The zero-order chi connectivity index (χ0) is 28.7. The molecule has 1 atom stereocenters. The van der Waals surface area contributed by atoms with E-state index in [1.54, 1.807) is 37.3 Å². The van der Waals surface area contributed by atoms with E-state index >= 15 is 0 Å². The minimum absolute atomic E-state index is 0.0567. The molecule has 0 aromatic heterocycles. The van der Waals surface area contributed by atoms with Gasteiger partial charge in [0.25, 0.3) is 10.0 Å². The molecular weight excluding hydrogens is 534 g/mol. The van der Waals surface area contributed by atoms with E-state index in [-0.39, 0.29) is 17.3 Å². The number of hydrogen-bond acceptors (Lipinski definition) is 4. The Bertz CT molecular complexity index is 1420. The second-order valence-corrected chi connectivity index (χ2v) is 11.9. The molecule has 9 heteroatoms. The number of halogens is 1. The van der Waals surface area contributed by atoms with Gasteiger partial charge in [0.1, 0.15) is 12.6 Å². The maximum absolute atomic E-state index is 14.1. The molecule has 0 spiro atoms. The molecule has 3 aromatic rings. The molecule has 39 heavy (non-hydrogen) atoms. The lowest BCUT2D eigenvalue weighted by atomic mass is 10.1. The average Bonchev–Trinajstić information content (AvgIpc) is 2.89. The van der Waals surface area contributed by atoms with Gasteiger partial charge >= 0.3 is 0 Å². The highest BCUT2D eigenvalue weighted by Gasteiger charge is 2.34. The second kappa shape index (κ2) is 13.1. The molecule has 3 rings (SSSR count). The van der Waals surface area contributed by atoms with Crippen LogP contribution in [0.15, 0.2) is 71.6 Å². The van der Waals surface area contributed by atoms with Crippen LogP contribution in [0.3, 0.4) is 0 Å². The summed E-state index contributed by atoms with van der Waals surface area (Å²) in [6.45, 7) is 9.30. The van der Waals surface area contributed by atoms with Crippen molar-refractivity contribution in [3.63, 3.8) is 0 Å². The van der Waals surface area contributed by atoms with Gasteiger partial charge < -0.3 is 10.2 Å². The summed E-state index contributed by atoms with van der Waals surface area (Å²) < 4.78 is 29.0. The van der Waals surface area contributed by atoms with Crippen molar-refractivity contribution in [1.29, 1.82) is 0 Å². The first-order valence-electron chi connectivity index (χ1n) is 13.0. The van der Waals surface area contributed by atoms with Gasteiger partial charge in [-0.1, -0.05) is 72.1 Å². The molecule has 208 valence electrons. The topological polar surface area (TPSA) is 86.8 Å². The van der Waals surface area contributed by atoms with Crippen molar-refractivity contribution < 1.29 is 18.0 Å². The highest BCUT2D eigenvalue weighted by Crippen LogP contribution is 2.30. The SMILES string of the molecule is CCNC(=O)[C@@H](CC)N(Cc1cccc(C)c1)C(=O)CN(c1cc(Cl)ccc1C)S(=O)(=O)c1ccc(C)cc1. The minimum Gasteiger partial charge on any atom is -0.355 e. The first kappa shape index (κ1) is 30.2. The van der Waals surface area contributed by atoms with Crippen molar-refractivity contribution in [3.05, 3.63) is 94.0 Å². The monoisotopic (exact) mass is 569 g/mol. The number of nitrogens with one attached hydrogen (secondary N) is 1. The molecule has 0 aliphatic rings. The van der Waals surface area contributed by atoms with Gasteiger partial charge in [-0.2, -0.15) is 0 Å². The Balaban J connectivity index is 2.11. The van der Waals surface area contributed by atoms with Gasteiger partial charge in [0.2, 0.25) is 11.8 Å². The maximum atomic E-state index is 14.1. The Morgan fingerprint density at radius 2 is 1.62 bits per heavy atom. The number of likely N-dealkylation sites (N-methyl/N-ethyl adjacent to an activating group) is 1. The van der Waals surface area contributed by atoms with Crippen LogP contribution in [0.4, 0.5) is 5.69 Å². The molecular formula is C30H36ClN3O4S. The van der Waals surface area contributed by atoms with Crippen LogP contribution in [-0.4, -0.2) is 44.3 Å². The van der Waals surface area contributed by atoms with Crippen molar-refractivity contribution >= 4 is 39.1 Å². The zero-order valence-corrected chi connectivity index (χ0v) is 24.6. The summed E-state index contributed by atoms with van der Waals surface area (Å²) in [5, 5.41) is 3.15. The van der Waals surface area contributed by atoms with Crippen molar-refractivity contribution in [2.24, 2.45) is 0 Å². The molecule has 0 heterocycles. The number of carbonyl (C=O) groups is 2. The normalized spacial score (nSPS) is 12.1. The number of aryl methyl sites for hydroxylation is 3. The molecule has 0 saturated heterocycles. The fraction of sp³-hybridized carbons (Fsp3) is 0.333. The number of hydrogen-bond donors (Lipinski definition) is 1. The third kappa shape index (κ3) is 7.40. The molecule has 2 amide bonds. The summed E-state index contributed by atoms with van der Waals surface area (Å²) >= 11 is 6.28. The summed E-state index contributed by atoms with van der Waals surface area (Å²) in [4.78, 5) is 28.6. The minimum atomic E-state index is -4.15. The fourth-order valence-corrected chi connectivity index (χ4v) is 6.06. The van der Waals surface area contributed by atoms with E-state index < -0.39 is 28.5 Å². The van der Waals surface area contributed by atoms with Crippen LogP contribution in [0.25, 0.3) is 0 Å². The Kier molecular flexibility index (Phi) is 10.2. The van der Waals surface area contributed by atoms with Crippen LogP contribution >= 0.6 is 11.6 Å². The number of rotatable bonds is 11. The predicted octanol–water partition coefficient (Wildman–Crippen LogP) is 5.40. The van der Waals surface area contributed by atoms with Crippen molar-refractivity contribution in [2.45, 2.75) is 58.5 Å². The third-order valence-corrected chi connectivity index (χ3v) is 8.51. The summed E-state index contributed by atoms with van der Waals surface area (Å²) in [5.74, 6) is -0.780. The first-order chi connectivity index (χ1) is 18.5. The van der Waals surface area contributed by atoms with E-state index in [4.69, 9.17) is 11.6 Å². The number of nitrogens with zero attached hydrogens (tertiary/aromatic N) is 2. The van der Waals surface area contributed by atoms with Gasteiger partial charge in [-0.05, 0) is 69.5 Å². The third-order valence-electron chi connectivity index (χ3n) is 6.50. The van der Waals surface area contributed by atoms with Gasteiger partial charge in [-0.15, -0.1) is 0 Å². The Morgan fingerprint density at radius 3 is 2.23 bits per heavy atom. The van der Waals surface area contributed by atoms with E-state index in [1.807, 2.05) is 52.0 Å². The van der Waals surface area contributed by atoms with Gasteiger partial charge in [0.05, 0.1) is 10.6 Å². The van der Waals surface area contributed by atoms with E-state index in [9.17, 15) is 18.0 Å². The lowest BCUT2D eigenvalue weighted by Gasteiger charge is -2.33. The number of sulfonamides is 1. The molecule has 0 fully saturated rings. The number of amides is 2. The number of anilines is 1. The molecule has 7 nitrogen and oxygen atoms in total. The van der Waals surface area contributed by atoms with Crippen molar-refractivity contribution in [1.82, 2.24) is 10.2 Å². The summed E-state index contributed by atoms with van der Waals surface area (Å²) in [5.41, 5.74) is 3.72. The van der Waals surface area contributed by atoms with E-state index in [0.29, 0.717) is 29.2 Å². The number of benzene rings is 3. The standard InChI is InChI=1S/C30H36ClN3O4S/c1-6-27(30(36)32-7-2)33(19-24-10-8-9-22(4)17-24)29(35)20-34(28-18-25(31)14-13-23(28)5)39(37,38)26-15-11-21(3)12-16-26/h8-18,27H,6-7,19-20H2,1-5H3,(H,32,36)/t27-/m1/s1. The van der Waals surface area contributed by atoms with Crippen LogP contribution in [0.1, 0.15) is 42.5 Å². The van der Waals surface area contributed by atoms with E-state index in [2.05, 4.69) is 5.32 Å². The van der Waals surface area contributed by atoms with Gasteiger partial charge in [-0.25, -0.2) is 8.42 Å². The van der Waals surface area contributed by atoms with E-state index in [1.165, 1.54) is 17.0 Å². The molecule has 0 radical (unpaired) electrons. The van der Waals surface area contributed by atoms with Gasteiger partial charge in [-0.3, -0.25) is 13.9 Å². The van der Waals surface area contributed by atoms with Crippen LogP contribution in [0.2, 0.25) is 5.02 Å². The van der Waals surface area contributed by atoms with Crippen molar-refractivity contribution in [3.8, 4) is 0 Å². The molecule has 0 saturated carbocycles. The average molecular weight is 570 g/mol. The Morgan fingerprint density at radius 1 is 0.923 bits per heavy atom. The number of carbonyl (C=O) groups excluding carboxylic acids is 2. The van der Waals surface area contributed by atoms with Crippen LogP contribution in [-0.2, 0) is 26.2 Å². The second-order valence-electron chi connectivity index (χ2n) is 9.58. The lowest BCUT2D eigenvalue weighted by molar-refractivity contribution is -0.140. The molecule has 0 bridgehead atoms. The predicted molar refractivity (Wildman–Crippen MR) is 156 cm³/mol. The van der Waals surface area contributed by atoms with Gasteiger partial charge in [0.15, 0.2) is 0 Å². The first-order valence-corrected chi connectivity index (χ1v) is 14.8. The summed E-state index contributed by atoms with van der Waals surface area (Å²) in [6.07, 6.45) is 0.365. The molecule has 3 aromatic carbocycles. The van der Waals surface area contributed by atoms with Crippen LogP contribution in [0, 0.1) is 20.8 Å². The largest absolute Gasteiger partial charge is 0.355 e. The van der Waals surface area contributed by atoms with Crippen molar-refractivity contribution in [2.75, 3.05) is 17.4 Å². The molecule has 0 unspecified atom stereocenters. The highest BCUT2D eigenvalue weighted by atomic mass is 35.5. The lowest BCUT2D eigenvalue weighted by Crippen LogP contribution is -2.52. The maximum Gasteiger partial charge on any atom is 0.264 e. The Hall–Kier alpha value is -3.36. The summed E-state index contributed by atoms with van der Waals surface area (Å²) in [7, 11) is -4.15. The highest BCUT2D eigenvalue weighted by molar-refractivity contribution is 7.92. The van der Waals surface area contributed by atoms with E-state index in [0.717, 1.165) is 21.0 Å². The zero-order valence-electron chi connectivity index (χ0n) is 23.1. The molecule has 0 aliphatic carbocycles. The molecule has 0 aliphatic heterocycles.